The Kier molecular flexibility index (Phi) is 17.2. The Bertz CT molecular complexity index is 3060. The van der Waals surface area contributed by atoms with Crippen LogP contribution in [0.4, 0.5) is 40.6 Å². The molecule has 7 heterocycles. The van der Waals surface area contributed by atoms with Crippen molar-refractivity contribution in [3.63, 3.8) is 0 Å². The first-order valence-corrected chi connectivity index (χ1v) is 26.3. The molecule has 9 rings (SSSR count). The van der Waals surface area contributed by atoms with Crippen LogP contribution in [0.15, 0.2) is 65.9 Å². The second-order valence-corrected chi connectivity index (χ2v) is 20.2. The maximum absolute atomic E-state index is 16.2. The van der Waals surface area contributed by atoms with E-state index in [1.165, 1.54) is 18.2 Å². The largest absolute Gasteiger partial charge is 0.417 e. The van der Waals surface area contributed by atoms with E-state index in [4.69, 9.17) is 9.47 Å². The predicted molar refractivity (Wildman–Crippen MR) is 282 cm³/mol. The maximum Gasteiger partial charge on any atom is 0.417 e. The van der Waals surface area contributed by atoms with Crippen LogP contribution in [0.3, 0.4) is 0 Å². The summed E-state index contributed by atoms with van der Waals surface area (Å²) in [7, 11) is 1.98. The van der Waals surface area contributed by atoms with Crippen LogP contribution in [-0.2, 0) is 36.6 Å². The lowest BCUT2D eigenvalue weighted by Gasteiger charge is -2.44. The molecule has 3 fully saturated rings. The van der Waals surface area contributed by atoms with E-state index in [2.05, 4.69) is 40.7 Å². The Morgan fingerprint density at radius 3 is 2.24 bits per heavy atom. The molecular weight excluding hydrogens is 1040 g/mol. The number of aromatic nitrogens is 3. The minimum atomic E-state index is -4.98. The van der Waals surface area contributed by atoms with Crippen molar-refractivity contribution in [3.8, 4) is 0 Å². The highest BCUT2D eigenvalue weighted by molar-refractivity contribution is 6.25. The topological polar surface area (TPSA) is 235 Å². The van der Waals surface area contributed by atoms with Gasteiger partial charge in [0.25, 0.3) is 17.7 Å². The van der Waals surface area contributed by atoms with E-state index < -0.39 is 64.3 Å². The Morgan fingerprint density at radius 2 is 1.56 bits per heavy atom. The number of piperidine rings is 1. The van der Waals surface area contributed by atoms with E-state index in [-0.39, 0.29) is 86.1 Å². The van der Waals surface area contributed by atoms with Gasteiger partial charge in [0, 0.05) is 125 Å². The highest BCUT2D eigenvalue weighted by Gasteiger charge is 2.46. The lowest BCUT2D eigenvalue weighted by molar-refractivity contribution is -0.138. The number of nitrogens with zero attached hydrogens (tertiary/aromatic N) is 8. The zero-order valence-electron chi connectivity index (χ0n) is 44.0. The van der Waals surface area contributed by atoms with Crippen molar-refractivity contribution in [1.29, 1.82) is 0 Å². The average molecular weight is 1100 g/mol. The minimum Gasteiger partial charge on any atom is -0.382 e. The van der Waals surface area contributed by atoms with Crippen molar-refractivity contribution in [2.45, 2.75) is 70.4 Å². The number of fused-ring (bicyclic) bond motifs is 1. The molecule has 0 saturated carbocycles. The first-order chi connectivity index (χ1) is 37.8. The first-order valence-electron chi connectivity index (χ1n) is 26.3. The van der Waals surface area contributed by atoms with Gasteiger partial charge in [-0.05, 0) is 63.6 Å². The number of likely N-dealkylation sites (N-methyl/N-ethyl adjacent to an activating group) is 1. The number of carbonyl (C=O) groups excluding carboxylic acids is 6. The van der Waals surface area contributed by atoms with Gasteiger partial charge in [-0.15, -0.1) is 0 Å². The number of H-pyrrole nitrogens is 1. The van der Waals surface area contributed by atoms with Crippen LogP contribution in [0.5, 0.6) is 0 Å². The van der Waals surface area contributed by atoms with Crippen LogP contribution in [0.1, 0.15) is 87.3 Å². The fraction of sp³-hybridized carbons (Fsp3) is 0.463. The quantitative estimate of drug-likeness (QED) is 0.0627. The SMILES string of the molecule is C[C@@H]1CN(c2cc(F)c(C3=CCN(c4ncc(CN5CCN(C(=O)CCOCCOCCNc6cccc7c6C(=O)N(C6CCC(=O)NC6=O)C7=O)CC5)cn4)CC3)cc2NC(=O)c2c[nH]c(=O)cc2C(F)(F)F)C[C@H](C)N1C. The molecule has 2 aromatic carbocycles. The minimum absolute atomic E-state index is 0.0108. The number of pyridine rings is 1. The molecule has 0 spiro atoms. The lowest BCUT2D eigenvalue weighted by Crippen LogP contribution is -2.55. The normalized spacial score (nSPS) is 20.3. The third-order valence-electron chi connectivity index (χ3n) is 15.0. The van der Waals surface area contributed by atoms with Crippen molar-refractivity contribution in [2.24, 2.45) is 0 Å². The molecule has 5 aliphatic rings. The molecule has 3 saturated heterocycles. The third-order valence-corrected chi connectivity index (χ3v) is 15.0. The number of hydrogen-bond acceptors (Lipinski definition) is 16. The van der Waals surface area contributed by atoms with E-state index in [1.807, 2.05) is 41.7 Å². The number of ether oxygens (including phenoxy) is 2. The Morgan fingerprint density at radius 1 is 0.835 bits per heavy atom. The molecule has 0 aliphatic carbocycles. The van der Waals surface area contributed by atoms with E-state index in [0.29, 0.717) is 101 Å². The van der Waals surface area contributed by atoms with Gasteiger partial charge in [0.05, 0.1) is 66.5 Å². The molecule has 4 N–H and O–H groups in total. The molecule has 4 aromatic rings. The Balaban J connectivity index is 0.700. The summed E-state index contributed by atoms with van der Waals surface area (Å²) in [5, 5.41) is 7.94. The maximum atomic E-state index is 16.2. The molecule has 6 amide bonds. The van der Waals surface area contributed by atoms with Crippen LogP contribution >= 0.6 is 0 Å². The van der Waals surface area contributed by atoms with Crippen LogP contribution in [0, 0.1) is 5.82 Å². The summed E-state index contributed by atoms with van der Waals surface area (Å²) >= 11 is 0. The predicted octanol–water partition coefficient (Wildman–Crippen LogP) is 3.98. The average Bonchev–Trinajstić information content (AvgIpc) is 3.99. The van der Waals surface area contributed by atoms with Gasteiger partial charge in [-0.25, -0.2) is 14.4 Å². The number of piperazine rings is 2. The fourth-order valence-electron chi connectivity index (χ4n) is 10.5. The molecule has 1 unspecified atom stereocenters. The number of anilines is 4. The van der Waals surface area contributed by atoms with Gasteiger partial charge in [0.15, 0.2) is 0 Å². The van der Waals surface area contributed by atoms with Gasteiger partial charge in [0.2, 0.25) is 29.2 Å². The number of aromatic amines is 1. The molecule has 2 aromatic heterocycles. The van der Waals surface area contributed by atoms with E-state index in [9.17, 15) is 46.7 Å². The summed E-state index contributed by atoms with van der Waals surface area (Å²) in [5.74, 6) is -3.48. The van der Waals surface area contributed by atoms with E-state index in [0.717, 1.165) is 16.7 Å². The molecule has 0 radical (unpaired) electrons. The van der Waals surface area contributed by atoms with Crippen LogP contribution in [-0.4, -0.2) is 180 Å². The summed E-state index contributed by atoms with van der Waals surface area (Å²) in [6.45, 7) is 10.1. The van der Waals surface area contributed by atoms with Crippen molar-refractivity contribution in [1.82, 2.24) is 39.9 Å². The molecule has 0 bridgehead atoms. The summed E-state index contributed by atoms with van der Waals surface area (Å²) < 4.78 is 69.5. The summed E-state index contributed by atoms with van der Waals surface area (Å²) in [4.78, 5) is 111. The number of benzene rings is 2. The number of hydrogen-bond donors (Lipinski definition) is 4. The molecule has 5 aliphatic heterocycles. The zero-order chi connectivity index (χ0) is 56.1. The highest BCUT2D eigenvalue weighted by Crippen LogP contribution is 2.38. The molecule has 21 nitrogen and oxygen atoms in total. The summed E-state index contributed by atoms with van der Waals surface area (Å²) in [6.07, 6.45) is 1.81. The molecule has 420 valence electrons. The number of nitrogens with one attached hydrogen (secondary N) is 4. The highest BCUT2D eigenvalue weighted by atomic mass is 19.4. The van der Waals surface area contributed by atoms with Gasteiger partial charge in [-0.1, -0.05) is 12.1 Å². The van der Waals surface area contributed by atoms with Crippen molar-refractivity contribution >= 4 is 64.0 Å². The van der Waals surface area contributed by atoms with Crippen molar-refractivity contribution < 1.29 is 55.8 Å². The van der Waals surface area contributed by atoms with Crippen molar-refractivity contribution in [3.05, 3.63) is 111 Å². The smallest absolute Gasteiger partial charge is 0.382 e. The van der Waals surface area contributed by atoms with Crippen LogP contribution in [0.2, 0.25) is 0 Å². The number of amides is 6. The summed E-state index contributed by atoms with van der Waals surface area (Å²) in [5.41, 5.74) is -0.202. The third kappa shape index (κ3) is 12.8. The number of alkyl halides is 3. The number of rotatable bonds is 18. The van der Waals surface area contributed by atoms with Gasteiger partial charge >= 0.3 is 6.18 Å². The second-order valence-electron chi connectivity index (χ2n) is 20.2. The summed E-state index contributed by atoms with van der Waals surface area (Å²) in [6, 6.07) is 7.01. The standard InChI is InChI=1S/C54H62F4N12O9/c1-32-29-69(30-33(2)65(32)3)44-25-40(55)37(23-42(44)63-49(74)38-28-60-46(72)24-39(38)54(56,57)58)35-9-13-68(14-10-35)53-61-26-34(27-62-53)31-66-15-17-67(18-16-66)47(73)11-19-78-21-22-79-20-12-59-41-6-4-5-36-48(41)52(77)70(51(36)76)43-7-8-45(71)64-50(43)75/h4-6,9,23-28,32-33,43,59H,7-8,10-22,29-31H2,1-3H3,(H,60,72)(H,63,74)(H,64,71,75)/t32-,33+,43?. The number of halogens is 4. The lowest BCUT2D eigenvalue weighted by atomic mass is 9.97. The monoisotopic (exact) mass is 1100 g/mol. The Labute approximate surface area is 452 Å². The van der Waals surface area contributed by atoms with E-state index >= 15 is 4.39 Å². The van der Waals surface area contributed by atoms with Gasteiger partial charge < -0.3 is 39.8 Å². The number of carbonyl (C=O) groups is 6. The van der Waals surface area contributed by atoms with Crippen LogP contribution < -0.4 is 31.3 Å². The Hall–Kier alpha value is -7.61. The second kappa shape index (κ2) is 24.2. The molecule has 3 atom stereocenters. The van der Waals surface area contributed by atoms with Crippen LogP contribution in [0.25, 0.3) is 5.57 Å². The molecule has 25 heteroatoms. The number of imide groups is 2. The van der Waals surface area contributed by atoms with E-state index in [1.54, 1.807) is 24.5 Å². The molecular formula is C54H62F4N12O9. The first kappa shape index (κ1) is 56.1. The van der Waals surface area contributed by atoms with Crippen molar-refractivity contribution in [2.75, 3.05) is 113 Å². The molecule has 79 heavy (non-hydrogen) atoms. The van der Waals surface area contributed by atoms with Gasteiger partial charge in [-0.2, -0.15) is 13.2 Å². The van der Waals surface area contributed by atoms with Gasteiger partial charge in [-0.3, -0.25) is 53.6 Å². The van der Waals surface area contributed by atoms with Gasteiger partial charge in [0.1, 0.15) is 11.9 Å². The fourth-order valence-corrected chi connectivity index (χ4v) is 10.5. The zero-order valence-corrected chi connectivity index (χ0v) is 44.0.